The Labute approximate surface area is 329 Å². The monoisotopic (exact) mass is 796 g/mol. The molecule has 306 valence electrons. The number of imidazole rings is 1. The van der Waals surface area contributed by atoms with Crippen molar-refractivity contribution in [2.75, 3.05) is 18.9 Å². The molecule has 0 spiro atoms. The maximum absolute atomic E-state index is 14.7. The first-order valence-electron chi connectivity index (χ1n) is 20.1. The van der Waals surface area contributed by atoms with E-state index in [2.05, 4.69) is 27.0 Å². The molecule has 0 radical (unpaired) electrons. The number of nitrogens with zero attached hydrogens (tertiary/aromatic N) is 4. The SMILES string of the molecule is CCCCCCCCCCCCCCCOC(=O)[C@H](Cc1ccccc1)N[P@](=O)(OC[C@@]1(C)O[C@@H](n2cnc3c(N)nc(F)nc32)C[C@@H]1O)Oc1ccccc1. The molecule has 0 bridgehead atoms. The summed E-state index contributed by atoms with van der Waals surface area (Å²) in [6, 6.07) is 16.7. The van der Waals surface area contributed by atoms with Gasteiger partial charge in [-0.05, 0) is 37.5 Å². The van der Waals surface area contributed by atoms with E-state index in [1.165, 1.54) is 68.7 Å². The topological polar surface area (TPSA) is 173 Å². The van der Waals surface area contributed by atoms with E-state index >= 15 is 0 Å². The largest absolute Gasteiger partial charge is 0.465 e. The molecule has 2 aromatic carbocycles. The molecule has 15 heteroatoms. The Morgan fingerprint density at radius 3 is 2.23 bits per heavy atom. The fraction of sp³-hybridized carbons (Fsp3) is 0.561. The normalized spacial score (nSPS) is 19.9. The number of ether oxygens (including phenoxy) is 2. The predicted octanol–water partition coefficient (Wildman–Crippen LogP) is 8.63. The van der Waals surface area contributed by atoms with Gasteiger partial charge >= 0.3 is 19.8 Å². The van der Waals surface area contributed by atoms with Crippen LogP contribution in [-0.2, 0) is 29.8 Å². The van der Waals surface area contributed by atoms with E-state index in [1.54, 1.807) is 37.3 Å². The van der Waals surface area contributed by atoms with Crippen LogP contribution in [0.3, 0.4) is 0 Å². The summed E-state index contributed by atoms with van der Waals surface area (Å²) in [6.07, 6.45) is 14.3. The Hall–Kier alpha value is -3.94. The maximum atomic E-state index is 14.7. The zero-order valence-corrected chi connectivity index (χ0v) is 33.6. The molecule has 3 heterocycles. The lowest BCUT2D eigenvalue weighted by molar-refractivity contribution is -0.146. The molecular formula is C41H58FN6O7P. The molecule has 1 saturated heterocycles. The van der Waals surface area contributed by atoms with Gasteiger partial charge in [-0.25, -0.2) is 9.55 Å². The van der Waals surface area contributed by atoms with Crippen LogP contribution < -0.4 is 15.3 Å². The van der Waals surface area contributed by atoms with Crippen molar-refractivity contribution in [3.8, 4) is 5.75 Å². The van der Waals surface area contributed by atoms with Gasteiger partial charge in [0.2, 0.25) is 0 Å². The molecule has 4 aromatic rings. The van der Waals surface area contributed by atoms with Crippen molar-refractivity contribution in [3.05, 3.63) is 78.6 Å². The molecule has 13 nitrogen and oxygen atoms in total. The molecule has 5 atom stereocenters. The highest BCUT2D eigenvalue weighted by Crippen LogP contribution is 2.48. The van der Waals surface area contributed by atoms with Crippen molar-refractivity contribution >= 4 is 30.7 Å². The third kappa shape index (κ3) is 12.8. The third-order valence-electron chi connectivity index (χ3n) is 10.1. The van der Waals surface area contributed by atoms with E-state index in [0.717, 1.165) is 31.2 Å². The van der Waals surface area contributed by atoms with Gasteiger partial charge in [0.25, 0.3) is 0 Å². The number of esters is 1. The number of hydrogen-bond donors (Lipinski definition) is 3. The van der Waals surface area contributed by atoms with Gasteiger partial charge in [-0.1, -0.05) is 133 Å². The molecule has 0 aliphatic carbocycles. The Kier molecular flexibility index (Phi) is 16.6. The fourth-order valence-electron chi connectivity index (χ4n) is 6.84. The molecular weight excluding hydrogens is 738 g/mol. The number of carbonyl (C=O) groups is 1. The summed E-state index contributed by atoms with van der Waals surface area (Å²) in [5, 5.41) is 14.1. The first-order valence-corrected chi connectivity index (χ1v) is 21.6. The number of aromatic nitrogens is 4. The van der Waals surface area contributed by atoms with E-state index in [0.29, 0.717) is 0 Å². The van der Waals surface area contributed by atoms with Crippen molar-refractivity contribution in [2.45, 2.75) is 134 Å². The molecule has 5 rings (SSSR count). The molecule has 56 heavy (non-hydrogen) atoms. The van der Waals surface area contributed by atoms with E-state index in [9.17, 15) is 18.9 Å². The second-order valence-electron chi connectivity index (χ2n) is 14.8. The highest BCUT2D eigenvalue weighted by atomic mass is 31.2. The number of anilines is 1. The van der Waals surface area contributed by atoms with Crippen LogP contribution in [0.5, 0.6) is 5.75 Å². The molecule has 0 amide bonds. The average molecular weight is 797 g/mol. The van der Waals surface area contributed by atoms with Gasteiger partial charge in [-0.2, -0.15) is 19.4 Å². The highest BCUT2D eigenvalue weighted by molar-refractivity contribution is 7.52. The number of carbonyl (C=O) groups excluding carboxylic acids is 1. The van der Waals surface area contributed by atoms with Crippen molar-refractivity contribution in [2.24, 2.45) is 0 Å². The minimum Gasteiger partial charge on any atom is -0.465 e. The van der Waals surface area contributed by atoms with Crippen molar-refractivity contribution < 1.29 is 37.4 Å². The predicted molar refractivity (Wildman–Crippen MR) is 213 cm³/mol. The fourth-order valence-corrected chi connectivity index (χ4v) is 8.42. The van der Waals surface area contributed by atoms with Gasteiger partial charge in [0.05, 0.1) is 25.6 Å². The number of nitrogens with two attached hydrogens (primary N) is 1. The van der Waals surface area contributed by atoms with Crippen LogP contribution >= 0.6 is 7.75 Å². The number of nitrogens with one attached hydrogen (secondary N) is 1. The smallest absolute Gasteiger partial charge is 0.459 e. The summed E-state index contributed by atoms with van der Waals surface area (Å²) in [6.45, 7) is 3.66. The first kappa shape index (κ1) is 43.2. The van der Waals surface area contributed by atoms with Crippen LogP contribution in [-0.4, -0.2) is 61.6 Å². The molecule has 1 aliphatic heterocycles. The number of hydrogen-bond acceptors (Lipinski definition) is 11. The number of aliphatic hydroxyl groups is 1. The highest BCUT2D eigenvalue weighted by Gasteiger charge is 2.48. The number of halogens is 1. The quantitative estimate of drug-likeness (QED) is 0.0253. The minimum atomic E-state index is -4.36. The number of para-hydroxylation sites is 1. The summed E-state index contributed by atoms with van der Waals surface area (Å²) >= 11 is 0. The minimum absolute atomic E-state index is 0.0519. The second-order valence-corrected chi connectivity index (χ2v) is 16.5. The Bertz CT molecular complexity index is 1840. The van der Waals surface area contributed by atoms with Gasteiger partial charge in [0, 0.05) is 6.42 Å². The summed E-state index contributed by atoms with van der Waals surface area (Å²) in [4.78, 5) is 25.2. The van der Waals surface area contributed by atoms with Crippen LogP contribution in [0.15, 0.2) is 67.0 Å². The standard InChI is InChI=1S/C41H58FN6O7P/c1-3-4-5-6-7-8-9-10-11-12-13-14-21-26-52-39(50)33(27-31-22-17-15-18-23-31)47-56(51,55-32-24-19-16-20-25-32)53-29-41(2)34(49)28-35(54-41)48-30-44-36-37(43)45-40(42)46-38(36)48/h15-20,22-25,30,33-35,49H,3-14,21,26-29H2,1-2H3,(H,47,51)(H2,43,45,46)/t33-,34-,35+,41+,56-/m0/s1. The number of unbranched alkanes of at least 4 members (excludes halogenated alkanes) is 12. The molecule has 2 aromatic heterocycles. The lowest BCUT2D eigenvalue weighted by atomic mass is 10.0. The van der Waals surface area contributed by atoms with Gasteiger partial charge in [-0.15, -0.1) is 0 Å². The van der Waals surface area contributed by atoms with Crippen LogP contribution in [0.4, 0.5) is 10.2 Å². The molecule has 1 aliphatic rings. The van der Waals surface area contributed by atoms with Gasteiger partial charge in [0.1, 0.15) is 23.6 Å². The molecule has 0 saturated carbocycles. The summed E-state index contributed by atoms with van der Waals surface area (Å²) < 4.78 is 54.2. The van der Waals surface area contributed by atoms with E-state index in [-0.39, 0.29) is 42.2 Å². The second kappa shape index (κ2) is 21.5. The number of fused-ring (bicyclic) bond motifs is 1. The Morgan fingerprint density at radius 1 is 0.982 bits per heavy atom. The van der Waals surface area contributed by atoms with E-state index in [1.807, 2.05) is 30.3 Å². The summed E-state index contributed by atoms with van der Waals surface area (Å²) in [5.41, 5.74) is 5.51. The van der Waals surface area contributed by atoms with Crippen LogP contribution in [0.2, 0.25) is 0 Å². The number of rotatable bonds is 25. The van der Waals surface area contributed by atoms with Crippen molar-refractivity contribution in [1.82, 2.24) is 24.6 Å². The van der Waals surface area contributed by atoms with Crippen LogP contribution in [0.25, 0.3) is 11.2 Å². The van der Waals surface area contributed by atoms with Crippen LogP contribution in [0.1, 0.15) is 116 Å². The average Bonchev–Trinajstić information content (AvgIpc) is 3.74. The van der Waals surface area contributed by atoms with Gasteiger partial charge < -0.3 is 24.8 Å². The van der Waals surface area contributed by atoms with Crippen LogP contribution in [0, 0.1) is 6.08 Å². The van der Waals surface area contributed by atoms with Crippen molar-refractivity contribution in [1.29, 1.82) is 0 Å². The lowest BCUT2D eigenvalue weighted by Gasteiger charge is -2.31. The Morgan fingerprint density at radius 2 is 1.59 bits per heavy atom. The summed E-state index contributed by atoms with van der Waals surface area (Å²) in [7, 11) is -4.36. The first-order chi connectivity index (χ1) is 27.1. The van der Waals surface area contributed by atoms with E-state index in [4.69, 9.17) is 24.3 Å². The number of aliphatic hydroxyl groups excluding tert-OH is 1. The molecule has 0 unspecified atom stereocenters. The summed E-state index contributed by atoms with van der Waals surface area (Å²) in [5.74, 6) is -0.478. The third-order valence-corrected chi connectivity index (χ3v) is 11.7. The lowest BCUT2D eigenvalue weighted by Crippen LogP contribution is -2.43. The van der Waals surface area contributed by atoms with Gasteiger partial charge in [-0.3, -0.25) is 13.9 Å². The van der Waals surface area contributed by atoms with Gasteiger partial charge in [0.15, 0.2) is 17.0 Å². The number of benzene rings is 2. The Balaban J connectivity index is 1.19. The zero-order chi connectivity index (χ0) is 39.8. The maximum Gasteiger partial charge on any atom is 0.459 e. The van der Waals surface area contributed by atoms with E-state index < -0.39 is 50.4 Å². The molecule has 1 fully saturated rings. The van der Waals surface area contributed by atoms with Crippen molar-refractivity contribution in [3.63, 3.8) is 0 Å². The zero-order valence-electron chi connectivity index (χ0n) is 32.7. The number of nitrogen functional groups attached to an aromatic ring is 1. The molecule has 4 N–H and O–H groups in total.